The van der Waals surface area contributed by atoms with Crippen molar-refractivity contribution in [2.45, 2.75) is 0 Å². The number of rotatable bonds is 4. The highest BCUT2D eigenvalue weighted by molar-refractivity contribution is 6.12. The zero-order chi connectivity index (χ0) is 27.2. The molecule has 0 unspecified atom stereocenters. The standard InChI is InChI=1S/C36H22N4O/c1-3-10-24(11-4-1)34-38-35(25-12-5-2-6-13-25)40-36(39-34)30-21-37-22-32-33(30)29-20-28(17-18-31(29)41-32)27-16-15-23-9-7-8-14-26(23)19-27/h1-22H. The molecular formula is C36H22N4O. The molecule has 0 saturated carbocycles. The highest BCUT2D eigenvalue weighted by atomic mass is 16.3. The van der Waals surface area contributed by atoms with Crippen LogP contribution in [0.15, 0.2) is 138 Å². The van der Waals surface area contributed by atoms with Gasteiger partial charge in [-0.1, -0.05) is 103 Å². The van der Waals surface area contributed by atoms with Gasteiger partial charge in [0.2, 0.25) is 0 Å². The fourth-order valence-corrected chi connectivity index (χ4v) is 5.38. The molecular weight excluding hydrogens is 504 g/mol. The van der Waals surface area contributed by atoms with Crippen molar-refractivity contribution < 1.29 is 4.42 Å². The third kappa shape index (κ3) is 4.12. The first-order chi connectivity index (χ1) is 20.3. The summed E-state index contributed by atoms with van der Waals surface area (Å²) in [5, 5.41) is 4.35. The zero-order valence-electron chi connectivity index (χ0n) is 21.9. The molecule has 3 heterocycles. The lowest BCUT2D eigenvalue weighted by Crippen LogP contribution is -2.00. The van der Waals surface area contributed by atoms with E-state index in [2.05, 4.69) is 59.6 Å². The number of fused-ring (bicyclic) bond motifs is 4. The van der Waals surface area contributed by atoms with Gasteiger partial charge in [0, 0.05) is 33.7 Å². The average molecular weight is 527 g/mol. The monoisotopic (exact) mass is 526 g/mol. The smallest absolute Gasteiger partial charge is 0.166 e. The number of furan rings is 1. The maximum absolute atomic E-state index is 6.27. The summed E-state index contributed by atoms with van der Waals surface area (Å²) in [4.78, 5) is 19.2. The van der Waals surface area contributed by atoms with Crippen LogP contribution in [0.3, 0.4) is 0 Å². The molecule has 0 aliphatic rings. The first kappa shape index (κ1) is 23.2. The number of hydrogen-bond acceptors (Lipinski definition) is 5. The van der Waals surface area contributed by atoms with Gasteiger partial charge in [0.1, 0.15) is 5.58 Å². The molecule has 192 valence electrons. The van der Waals surface area contributed by atoms with E-state index in [9.17, 15) is 0 Å². The second-order valence-electron chi connectivity index (χ2n) is 9.97. The molecule has 0 saturated heterocycles. The number of nitrogens with zero attached hydrogens (tertiary/aromatic N) is 4. The van der Waals surface area contributed by atoms with Crippen LogP contribution in [0.5, 0.6) is 0 Å². The number of aromatic nitrogens is 4. The molecule has 8 aromatic rings. The Balaban J connectivity index is 1.35. The fraction of sp³-hybridized carbons (Fsp3) is 0. The molecule has 8 rings (SSSR count). The van der Waals surface area contributed by atoms with Crippen LogP contribution in [-0.4, -0.2) is 19.9 Å². The normalized spacial score (nSPS) is 11.4. The molecule has 3 aromatic heterocycles. The molecule has 0 atom stereocenters. The van der Waals surface area contributed by atoms with Crippen LogP contribution < -0.4 is 0 Å². The van der Waals surface area contributed by atoms with Crippen LogP contribution in [0.4, 0.5) is 0 Å². The van der Waals surface area contributed by atoms with Gasteiger partial charge >= 0.3 is 0 Å². The summed E-state index contributed by atoms with van der Waals surface area (Å²) in [7, 11) is 0. The lowest BCUT2D eigenvalue weighted by molar-refractivity contribution is 0.667. The second-order valence-corrected chi connectivity index (χ2v) is 9.97. The SMILES string of the molecule is c1ccc(-c2nc(-c3ccccc3)nc(-c3cncc4oc5ccc(-c6ccc7ccccc7c6)cc5c34)n2)cc1. The van der Waals surface area contributed by atoms with Crippen LogP contribution in [0, 0.1) is 0 Å². The van der Waals surface area contributed by atoms with E-state index >= 15 is 0 Å². The number of hydrogen-bond donors (Lipinski definition) is 0. The van der Waals surface area contributed by atoms with E-state index in [0.717, 1.165) is 44.2 Å². The zero-order valence-corrected chi connectivity index (χ0v) is 21.9. The summed E-state index contributed by atoms with van der Waals surface area (Å²) in [6.07, 6.45) is 3.57. The largest absolute Gasteiger partial charge is 0.454 e. The molecule has 0 aliphatic carbocycles. The molecule has 0 fully saturated rings. The van der Waals surface area contributed by atoms with Crippen molar-refractivity contribution in [1.82, 2.24) is 19.9 Å². The summed E-state index contributed by atoms with van der Waals surface area (Å²) in [6, 6.07) is 41.2. The molecule has 5 nitrogen and oxygen atoms in total. The summed E-state index contributed by atoms with van der Waals surface area (Å²) in [5.41, 5.74) is 6.38. The minimum absolute atomic E-state index is 0.551. The first-order valence-corrected chi connectivity index (χ1v) is 13.5. The summed E-state index contributed by atoms with van der Waals surface area (Å²) in [6.45, 7) is 0. The van der Waals surface area contributed by atoms with Gasteiger partial charge in [-0.05, 0) is 40.1 Å². The Morgan fingerprint density at radius 3 is 1.78 bits per heavy atom. The van der Waals surface area contributed by atoms with Crippen LogP contribution in [0.1, 0.15) is 0 Å². The van der Waals surface area contributed by atoms with E-state index in [1.165, 1.54) is 10.8 Å². The Labute approximate surface area is 235 Å². The van der Waals surface area contributed by atoms with Crippen LogP contribution in [0.25, 0.3) is 78.0 Å². The highest BCUT2D eigenvalue weighted by Crippen LogP contribution is 2.38. The fourth-order valence-electron chi connectivity index (χ4n) is 5.38. The van der Waals surface area contributed by atoms with Crippen molar-refractivity contribution in [2.24, 2.45) is 0 Å². The van der Waals surface area contributed by atoms with Crippen LogP contribution >= 0.6 is 0 Å². The maximum atomic E-state index is 6.27. The average Bonchev–Trinajstić information content (AvgIpc) is 3.43. The molecule has 5 heteroatoms. The Morgan fingerprint density at radius 1 is 0.439 bits per heavy atom. The third-order valence-corrected chi connectivity index (χ3v) is 7.40. The summed E-state index contributed by atoms with van der Waals surface area (Å²) >= 11 is 0. The van der Waals surface area contributed by atoms with E-state index in [1.807, 2.05) is 72.9 Å². The molecule has 0 amide bonds. The quantitative estimate of drug-likeness (QED) is 0.229. The van der Waals surface area contributed by atoms with E-state index in [1.54, 1.807) is 6.20 Å². The van der Waals surface area contributed by atoms with Crippen molar-refractivity contribution in [1.29, 1.82) is 0 Å². The van der Waals surface area contributed by atoms with Gasteiger partial charge in [0.15, 0.2) is 23.1 Å². The van der Waals surface area contributed by atoms with Gasteiger partial charge < -0.3 is 4.42 Å². The summed E-state index contributed by atoms with van der Waals surface area (Å²) < 4.78 is 6.27. The Hall–Kier alpha value is -5.68. The van der Waals surface area contributed by atoms with Gasteiger partial charge in [-0.15, -0.1) is 0 Å². The van der Waals surface area contributed by atoms with Gasteiger partial charge in [0.05, 0.1) is 6.20 Å². The van der Waals surface area contributed by atoms with Crippen molar-refractivity contribution in [3.05, 3.63) is 134 Å². The topological polar surface area (TPSA) is 64.7 Å². The Morgan fingerprint density at radius 2 is 1.05 bits per heavy atom. The third-order valence-electron chi connectivity index (χ3n) is 7.40. The molecule has 0 aliphatic heterocycles. The lowest BCUT2D eigenvalue weighted by atomic mass is 9.99. The van der Waals surface area contributed by atoms with Gasteiger partial charge in [-0.25, -0.2) is 15.0 Å². The van der Waals surface area contributed by atoms with Crippen molar-refractivity contribution in [3.63, 3.8) is 0 Å². The molecule has 41 heavy (non-hydrogen) atoms. The highest BCUT2D eigenvalue weighted by Gasteiger charge is 2.18. The predicted molar refractivity (Wildman–Crippen MR) is 164 cm³/mol. The molecule has 0 bridgehead atoms. The molecule has 0 N–H and O–H groups in total. The maximum Gasteiger partial charge on any atom is 0.166 e. The van der Waals surface area contributed by atoms with Gasteiger partial charge in [-0.2, -0.15) is 0 Å². The second kappa shape index (κ2) is 9.50. The minimum atomic E-state index is 0.551. The van der Waals surface area contributed by atoms with E-state index < -0.39 is 0 Å². The van der Waals surface area contributed by atoms with E-state index in [0.29, 0.717) is 23.1 Å². The Kier molecular flexibility index (Phi) is 5.38. The number of benzene rings is 5. The summed E-state index contributed by atoms with van der Waals surface area (Å²) in [5.74, 6) is 1.77. The lowest BCUT2D eigenvalue weighted by Gasteiger charge is -2.09. The van der Waals surface area contributed by atoms with Gasteiger partial charge in [0.25, 0.3) is 0 Å². The van der Waals surface area contributed by atoms with E-state index in [4.69, 9.17) is 19.4 Å². The van der Waals surface area contributed by atoms with Crippen LogP contribution in [-0.2, 0) is 0 Å². The first-order valence-electron chi connectivity index (χ1n) is 13.5. The molecule has 5 aromatic carbocycles. The van der Waals surface area contributed by atoms with E-state index in [-0.39, 0.29) is 0 Å². The minimum Gasteiger partial charge on any atom is -0.454 e. The molecule has 0 spiro atoms. The molecule has 0 radical (unpaired) electrons. The number of pyridine rings is 1. The predicted octanol–water partition coefficient (Wildman–Crippen LogP) is 8.99. The van der Waals surface area contributed by atoms with Crippen molar-refractivity contribution >= 4 is 32.7 Å². The Bertz CT molecular complexity index is 2150. The van der Waals surface area contributed by atoms with Gasteiger partial charge in [-0.3, -0.25) is 4.98 Å². The van der Waals surface area contributed by atoms with Crippen molar-refractivity contribution in [2.75, 3.05) is 0 Å². The van der Waals surface area contributed by atoms with Crippen LogP contribution in [0.2, 0.25) is 0 Å². The van der Waals surface area contributed by atoms with Crippen molar-refractivity contribution in [3.8, 4) is 45.3 Å².